The lowest BCUT2D eigenvalue weighted by Crippen LogP contribution is -2.33. The minimum atomic E-state index is 0.102. The zero-order valence-corrected chi connectivity index (χ0v) is 11.5. The molecule has 0 saturated heterocycles. The van der Waals surface area contributed by atoms with Gasteiger partial charge in [0.05, 0.1) is 17.7 Å². The number of aliphatic hydroxyl groups is 1. The van der Waals surface area contributed by atoms with Gasteiger partial charge in [-0.1, -0.05) is 12.1 Å². The molecule has 17 heavy (non-hydrogen) atoms. The highest BCUT2D eigenvalue weighted by Gasteiger charge is 2.22. The largest absolute Gasteiger partial charge is 0.492 e. The van der Waals surface area contributed by atoms with E-state index in [0.717, 1.165) is 29.7 Å². The van der Waals surface area contributed by atoms with Crippen molar-refractivity contribution >= 4 is 15.9 Å². The second kappa shape index (κ2) is 5.85. The van der Waals surface area contributed by atoms with Crippen LogP contribution in [0.2, 0.25) is 0 Å². The number of para-hydroxylation sites is 1. The van der Waals surface area contributed by atoms with Crippen LogP contribution in [0.25, 0.3) is 0 Å². The average molecular weight is 300 g/mol. The summed E-state index contributed by atoms with van der Waals surface area (Å²) in [5.74, 6) is 0.938. The van der Waals surface area contributed by atoms with E-state index in [0.29, 0.717) is 0 Å². The maximum absolute atomic E-state index is 9.14. The normalized spacial score (nSPS) is 21.2. The molecule has 1 unspecified atom stereocenters. The van der Waals surface area contributed by atoms with E-state index < -0.39 is 0 Å². The molecule has 2 atom stereocenters. The molecule has 0 bridgehead atoms. The summed E-state index contributed by atoms with van der Waals surface area (Å²) in [6.07, 6.45) is 2.06. The van der Waals surface area contributed by atoms with Crippen molar-refractivity contribution in [2.24, 2.45) is 0 Å². The van der Waals surface area contributed by atoms with Crippen LogP contribution in [0.15, 0.2) is 22.7 Å². The lowest BCUT2D eigenvalue weighted by Gasteiger charge is -2.22. The van der Waals surface area contributed by atoms with Gasteiger partial charge in [-0.25, -0.2) is 0 Å². The Morgan fingerprint density at radius 3 is 3.18 bits per heavy atom. The molecule has 3 nitrogen and oxygen atoms in total. The Bertz CT molecular complexity index is 384. The van der Waals surface area contributed by atoms with Gasteiger partial charge in [0, 0.05) is 17.6 Å². The van der Waals surface area contributed by atoms with Crippen molar-refractivity contribution in [3.63, 3.8) is 0 Å². The Labute approximate surface area is 110 Å². The van der Waals surface area contributed by atoms with Crippen molar-refractivity contribution in [2.75, 3.05) is 13.2 Å². The van der Waals surface area contributed by atoms with Crippen molar-refractivity contribution in [1.82, 2.24) is 5.32 Å². The Kier molecular flexibility index (Phi) is 4.42. The van der Waals surface area contributed by atoms with Crippen LogP contribution >= 0.6 is 15.9 Å². The molecule has 1 aliphatic heterocycles. The second-order valence-electron chi connectivity index (χ2n) is 4.45. The van der Waals surface area contributed by atoms with Crippen LogP contribution in [0.5, 0.6) is 5.75 Å². The number of hydrogen-bond donors (Lipinski definition) is 2. The van der Waals surface area contributed by atoms with Crippen LogP contribution in [0.4, 0.5) is 0 Å². The van der Waals surface area contributed by atoms with E-state index in [9.17, 15) is 0 Å². The highest BCUT2D eigenvalue weighted by Crippen LogP contribution is 2.37. The fourth-order valence-corrected chi connectivity index (χ4v) is 2.63. The Morgan fingerprint density at radius 1 is 1.59 bits per heavy atom. The molecule has 0 aliphatic carbocycles. The van der Waals surface area contributed by atoms with Gasteiger partial charge in [-0.3, -0.25) is 0 Å². The van der Waals surface area contributed by atoms with Crippen molar-refractivity contribution in [2.45, 2.75) is 31.8 Å². The highest BCUT2D eigenvalue weighted by molar-refractivity contribution is 9.10. The van der Waals surface area contributed by atoms with Crippen LogP contribution in [0.3, 0.4) is 0 Å². The van der Waals surface area contributed by atoms with Crippen LogP contribution in [0.1, 0.15) is 31.4 Å². The Hall–Kier alpha value is -0.580. The number of benzene rings is 1. The maximum atomic E-state index is 9.14. The molecule has 2 N–H and O–H groups in total. The van der Waals surface area contributed by atoms with Gasteiger partial charge >= 0.3 is 0 Å². The van der Waals surface area contributed by atoms with E-state index in [1.165, 1.54) is 5.56 Å². The average Bonchev–Trinajstić information content (AvgIpc) is 2.53. The Morgan fingerprint density at radius 2 is 2.41 bits per heavy atom. The van der Waals surface area contributed by atoms with Gasteiger partial charge in [-0.05, 0) is 41.8 Å². The zero-order valence-electron chi connectivity index (χ0n) is 9.95. The van der Waals surface area contributed by atoms with E-state index in [-0.39, 0.29) is 18.7 Å². The van der Waals surface area contributed by atoms with E-state index >= 15 is 0 Å². The number of halogens is 1. The number of hydrogen-bond acceptors (Lipinski definition) is 3. The molecule has 2 rings (SSSR count). The van der Waals surface area contributed by atoms with E-state index in [1.807, 2.05) is 19.1 Å². The molecular formula is C13H18BrNO2. The number of fused-ring (bicyclic) bond motifs is 1. The second-order valence-corrected chi connectivity index (χ2v) is 5.31. The third kappa shape index (κ3) is 3.00. The standard InChI is InChI=1S/C13H18BrNO2/c1-9(8-16)15-12-6-3-7-17-13-10(12)4-2-5-11(13)14/h2,4-5,9,12,15-16H,3,6-8H2,1H3/t9-,12?/m1/s1. The minimum Gasteiger partial charge on any atom is -0.492 e. The minimum absolute atomic E-state index is 0.102. The topological polar surface area (TPSA) is 41.5 Å². The van der Waals surface area contributed by atoms with Gasteiger partial charge < -0.3 is 15.2 Å². The molecule has 1 aliphatic rings. The number of aliphatic hydroxyl groups excluding tert-OH is 1. The molecule has 0 amide bonds. The first-order valence-corrected chi connectivity index (χ1v) is 6.79. The summed E-state index contributed by atoms with van der Waals surface area (Å²) in [7, 11) is 0. The van der Waals surface area contributed by atoms with Gasteiger partial charge in [0.1, 0.15) is 5.75 Å². The first kappa shape index (κ1) is 12.9. The monoisotopic (exact) mass is 299 g/mol. The van der Waals surface area contributed by atoms with E-state index in [1.54, 1.807) is 0 Å². The summed E-state index contributed by atoms with van der Waals surface area (Å²) in [4.78, 5) is 0. The molecule has 0 radical (unpaired) electrons. The third-order valence-electron chi connectivity index (χ3n) is 3.02. The van der Waals surface area contributed by atoms with Crippen molar-refractivity contribution in [3.8, 4) is 5.75 Å². The lowest BCUT2D eigenvalue weighted by atomic mass is 10.0. The summed E-state index contributed by atoms with van der Waals surface area (Å²) < 4.78 is 6.78. The molecular weight excluding hydrogens is 282 g/mol. The quantitative estimate of drug-likeness (QED) is 0.901. The zero-order chi connectivity index (χ0) is 12.3. The molecule has 1 aromatic carbocycles. The summed E-state index contributed by atoms with van der Waals surface area (Å²) in [6.45, 7) is 2.89. The fourth-order valence-electron chi connectivity index (χ4n) is 2.14. The molecule has 0 spiro atoms. The van der Waals surface area contributed by atoms with Gasteiger partial charge in [0.2, 0.25) is 0 Å². The van der Waals surface area contributed by atoms with Crippen molar-refractivity contribution in [3.05, 3.63) is 28.2 Å². The third-order valence-corrected chi connectivity index (χ3v) is 3.64. The van der Waals surface area contributed by atoms with E-state index in [4.69, 9.17) is 9.84 Å². The number of rotatable bonds is 3. The Balaban J connectivity index is 2.27. The first-order valence-electron chi connectivity index (χ1n) is 6.00. The van der Waals surface area contributed by atoms with Crippen LogP contribution in [-0.4, -0.2) is 24.4 Å². The van der Waals surface area contributed by atoms with Crippen molar-refractivity contribution < 1.29 is 9.84 Å². The number of ether oxygens (including phenoxy) is 1. The molecule has 4 heteroatoms. The van der Waals surface area contributed by atoms with Gasteiger partial charge in [0.25, 0.3) is 0 Å². The maximum Gasteiger partial charge on any atom is 0.138 e. The summed E-state index contributed by atoms with van der Waals surface area (Å²) in [5.41, 5.74) is 1.18. The van der Waals surface area contributed by atoms with Crippen LogP contribution < -0.4 is 10.1 Å². The molecule has 0 aromatic heterocycles. The smallest absolute Gasteiger partial charge is 0.138 e. The molecule has 0 fully saturated rings. The van der Waals surface area contributed by atoms with Gasteiger partial charge in [-0.2, -0.15) is 0 Å². The first-order chi connectivity index (χ1) is 8.22. The predicted octanol–water partition coefficient (Wildman–Crippen LogP) is 2.63. The molecule has 1 heterocycles. The van der Waals surface area contributed by atoms with Gasteiger partial charge in [0.15, 0.2) is 0 Å². The van der Waals surface area contributed by atoms with E-state index in [2.05, 4.69) is 27.3 Å². The summed E-state index contributed by atoms with van der Waals surface area (Å²) >= 11 is 3.53. The predicted molar refractivity (Wildman–Crippen MR) is 71.3 cm³/mol. The highest BCUT2D eigenvalue weighted by atomic mass is 79.9. The lowest BCUT2D eigenvalue weighted by molar-refractivity contribution is 0.238. The van der Waals surface area contributed by atoms with Gasteiger partial charge in [-0.15, -0.1) is 0 Å². The fraction of sp³-hybridized carbons (Fsp3) is 0.538. The van der Waals surface area contributed by atoms with Crippen LogP contribution in [0, 0.1) is 0 Å². The molecule has 1 aromatic rings. The summed E-state index contributed by atoms with van der Waals surface area (Å²) in [5, 5.41) is 12.6. The number of nitrogens with one attached hydrogen (secondary N) is 1. The van der Waals surface area contributed by atoms with Crippen molar-refractivity contribution in [1.29, 1.82) is 0 Å². The van der Waals surface area contributed by atoms with Crippen LogP contribution in [-0.2, 0) is 0 Å². The summed E-state index contributed by atoms with van der Waals surface area (Å²) in [6, 6.07) is 6.47. The SMILES string of the molecule is C[C@H](CO)NC1CCCOc2c(Br)cccc21. The molecule has 0 saturated carbocycles. The molecule has 94 valence electrons.